The number of ether oxygens (including phenoxy) is 3. The number of rotatable bonds is 13. The molecule has 0 bridgehead atoms. The molecule has 6 nitrogen and oxygen atoms in total. The van der Waals surface area contributed by atoms with Gasteiger partial charge in [0.2, 0.25) is 0 Å². The van der Waals surface area contributed by atoms with Gasteiger partial charge in [-0.3, -0.25) is 0 Å². The normalized spacial score (nSPS) is 10.8. The molecule has 36 heavy (non-hydrogen) atoms. The number of unbranched alkanes of at least 4 members (excludes halogenated alkanes) is 2. The van der Waals surface area contributed by atoms with Crippen molar-refractivity contribution in [1.29, 1.82) is 0 Å². The molecule has 3 aromatic rings. The summed E-state index contributed by atoms with van der Waals surface area (Å²) < 4.78 is 16.3. The molecule has 188 valence electrons. The highest BCUT2D eigenvalue weighted by atomic mass is 16.5. The predicted octanol–water partition coefficient (Wildman–Crippen LogP) is 6.25. The van der Waals surface area contributed by atoms with Crippen LogP contribution in [-0.4, -0.2) is 25.2 Å². The van der Waals surface area contributed by atoms with Gasteiger partial charge in [-0.2, -0.15) is 0 Å². The number of nitrogens with two attached hydrogens (primary N) is 1. The minimum Gasteiger partial charge on any atom is -0.494 e. The Hall–Kier alpha value is -4.06. The summed E-state index contributed by atoms with van der Waals surface area (Å²) in [6.45, 7) is 3.14. The minimum absolute atomic E-state index is 0.374. The number of carbonyl (C=O) groups excluding carboxylic acids is 2. The lowest BCUT2D eigenvalue weighted by molar-refractivity contribution is -0.137. The molecule has 0 saturated carbocycles. The lowest BCUT2D eigenvalue weighted by Gasteiger charge is -2.07. The van der Waals surface area contributed by atoms with Crippen molar-refractivity contribution in [2.45, 2.75) is 39.0 Å². The zero-order chi connectivity index (χ0) is 25.6. The summed E-state index contributed by atoms with van der Waals surface area (Å²) in [5.74, 6) is 0.315. The minimum atomic E-state index is -0.446. The summed E-state index contributed by atoms with van der Waals surface area (Å²) in [7, 11) is 0. The van der Waals surface area contributed by atoms with Gasteiger partial charge in [-0.25, -0.2) is 9.59 Å². The lowest BCUT2D eigenvalue weighted by Crippen LogP contribution is -2.08. The number of hydrogen-bond acceptors (Lipinski definition) is 6. The van der Waals surface area contributed by atoms with E-state index in [0.29, 0.717) is 24.5 Å². The average molecular weight is 488 g/mol. The number of carbonyl (C=O) groups is 2. The van der Waals surface area contributed by atoms with Crippen LogP contribution in [0.25, 0.3) is 6.08 Å². The number of esters is 2. The molecule has 0 radical (unpaired) electrons. The van der Waals surface area contributed by atoms with E-state index in [2.05, 4.69) is 6.92 Å². The fraction of sp³-hybridized carbons (Fsp3) is 0.267. The third kappa shape index (κ3) is 9.29. The highest BCUT2D eigenvalue weighted by Crippen LogP contribution is 2.18. The zero-order valence-electron chi connectivity index (χ0n) is 20.7. The largest absolute Gasteiger partial charge is 0.494 e. The van der Waals surface area contributed by atoms with Gasteiger partial charge in [-0.15, -0.1) is 0 Å². The van der Waals surface area contributed by atoms with Gasteiger partial charge in [0.1, 0.15) is 11.5 Å². The summed E-state index contributed by atoms with van der Waals surface area (Å²) in [6.07, 6.45) is 7.75. The molecule has 0 aliphatic heterocycles. The van der Waals surface area contributed by atoms with Crippen molar-refractivity contribution in [1.82, 2.24) is 0 Å². The molecule has 0 spiro atoms. The number of anilines is 1. The van der Waals surface area contributed by atoms with E-state index in [1.54, 1.807) is 54.6 Å². The van der Waals surface area contributed by atoms with Gasteiger partial charge >= 0.3 is 11.9 Å². The highest BCUT2D eigenvalue weighted by Gasteiger charge is 2.09. The zero-order valence-corrected chi connectivity index (χ0v) is 20.7. The van der Waals surface area contributed by atoms with Crippen molar-refractivity contribution in [2.75, 3.05) is 18.9 Å². The molecule has 0 amide bonds. The quantitative estimate of drug-likeness (QED) is 0.101. The van der Waals surface area contributed by atoms with Crippen molar-refractivity contribution in [3.05, 3.63) is 95.6 Å². The van der Waals surface area contributed by atoms with Gasteiger partial charge in [0.25, 0.3) is 0 Å². The maximum atomic E-state index is 12.4. The van der Waals surface area contributed by atoms with E-state index in [1.165, 1.54) is 11.6 Å². The number of benzene rings is 3. The first-order valence-corrected chi connectivity index (χ1v) is 12.3. The Morgan fingerprint density at radius 2 is 1.50 bits per heavy atom. The van der Waals surface area contributed by atoms with Crippen molar-refractivity contribution < 1.29 is 23.8 Å². The fourth-order valence-corrected chi connectivity index (χ4v) is 3.34. The van der Waals surface area contributed by atoms with E-state index in [1.807, 2.05) is 24.3 Å². The van der Waals surface area contributed by atoms with E-state index >= 15 is 0 Å². The number of nitrogen functional groups attached to an aromatic ring is 1. The van der Waals surface area contributed by atoms with Gasteiger partial charge in [0.05, 0.1) is 18.8 Å². The first-order valence-electron chi connectivity index (χ1n) is 12.3. The molecule has 0 heterocycles. The summed E-state index contributed by atoms with van der Waals surface area (Å²) in [5, 5.41) is 0. The monoisotopic (exact) mass is 487 g/mol. The highest BCUT2D eigenvalue weighted by molar-refractivity contribution is 5.91. The SMILES string of the molecule is CCCCOc1ccc(C(=O)Oc2ccc(/C=C/C(=O)OCCCCc3ccc(N)cc3)cc2)cc1. The van der Waals surface area contributed by atoms with Crippen LogP contribution >= 0.6 is 0 Å². The van der Waals surface area contributed by atoms with E-state index < -0.39 is 5.97 Å². The van der Waals surface area contributed by atoms with Crippen LogP contribution in [0.15, 0.2) is 78.9 Å². The number of aryl methyl sites for hydroxylation is 1. The van der Waals surface area contributed by atoms with Gasteiger partial charge in [-0.1, -0.05) is 37.6 Å². The summed E-state index contributed by atoms with van der Waals surface area (Å²) in [5.41, 5.74) is 8.90. The average Bonchev–Trinajstić information content (AvgIpc) is 2.89. The Kier molecular flexibility index (Phi) is 10.6. The van der Waals surface area contributed by atoms with Crippen molar-refractivity contribution >= 4 is 23.7 Å². The van der Waals surface area contributed by atoms with Crippen LogP contribution in [0.3, 0.4) is 0 Å². The number of hydrogen-bond donors (Lipinski definition) is 1. The molecule has 0 aliphatic carbocycles. The van der Waals surface area contributed by atoms with Crippen LogP contribution in [0.5, 0.6) is 11.5 Å². The van der Waals surface area contributed by atoms with Crippen molar-refractivity contribution in [2.24, 2.45) is 0 Å². The molecule has 6 heteroatoms. The van der Waals surface area contributed by atoms with Gasteiger partial charge in [0, 0.05) is 11.8 Å². The summed E-state index contributed by atoms with van der Waals surface area (Å²) in [4.78, 5) is 24.3. The Morgan fingerprint density at radius 3 is 2.19 bits per heavy atom. The molecule has 0 atom stereocenters. The molecule has 0 aromatic heterocycles. The van der Waals surface area contributed by atoms with Gasteiger partial charge < -0.3 is 19.9 Å². The predicted molar refractivity (Wildman–Crippen MR) is 142 cm³/mol. The first kappa shape index (κ1) is 26.5. The van der Waals surface area contributed by atoms with Gasteiger partial charge in [-0.05, 0) is 91.4 Å². The fourth-order valence-electron chi connectivity index (χ4n) is 3.34. The molecule has 3 aromatic carbocycles. The first-order chi connectivity index (χ1) is 17.5. The second-order valence-corrected chi connectivity index (χ2v) is 8.38. The summed E-state index contributed by atoms with van der Waals surface area (Å²) in [6, 6.07) is 21.6. The summed E-state index contributed by atoms with van der Waals surface area (Å²) >= 11 is 0. The molecule has 3 rings (SSSR count). The van der Waals surface area contributed by atoms with Gasteiger partial charge in [0.15, 0.2) is 0 Å². The molecule has 0 saturated heterocycles. The Bertz CT molecular complexity index is 1120. The Morgan fingerprint density at radius 1 is 0.806 bits per heavy atom. The van der Waals surface area contributed by atoms with Crippen LogP contribution in [0, 0.1) is 0 Å². The third-order valence-electron chi connectivity index (χ3n) is 5.44. The maximum absolute atomic E-state index is 12.4. The lowest BCUT2D eigenvalue weighted by atomic mass is 10.1. The second kappa shape index (κ2) is 14.4. The van der Waals surface area contributed by atoms with Crippen LogP contribution in [0.4, 0.5) is 5.69 Å². The van der Waals surface area contributed by atoms with E-state index in [4.69, 9.17) is 19.9 Å². The van der Waals surface area contributed by atoms with Crippen LogP contribution in [0.1, 0.15) is 54.1 Å². The molecule has 0 fully saturated rings. The van der Waals surface area contributed by atoms with Crippen LogP contribution < -0.4 is 15.2 Å². The van der Waals surface area contributed by atoms with E-state index in [-0.39, 0.29) is 5.97 Å². The molecule has 2 N–H and O–H groups in total. The maximum Gasteiger partial charge on any atom is 0.343 e. The Balaban J connectivity index is 1.37. The van der Waals surface area contributed by atoms with Crippen molar-refractivity contribution in [3.63, 3.8) is 0 Å². The van der Waals surface area contributed by atoms with Crippen LogP contribution in [-0.2, 0) is 16.0 Å². The Labute approximate surface area is 212 Å². The third-order valence-corrected chi connectivity index (χ3v) is 5.44. The molecular weight excluding hydrogens is 454 g/mol. The smallest absolute Gasteiger partial charge is 0.343 e. The second-order valence-electron chi connectivity index (χ2n) is 8.38. The standard InChI is InChI=1S/C30H33NO5/c1-2-3-21-34-27-18-12-25(13-19-27)30(33)36-28-16-9-24(10-17-28)11-20-29(32)35-22-5-4-6-23-7-14-26(31)15-8-23/h7-20H,2-6,21-22,31H2,1H3/b20-11+. The molecular formula is C30H33NO5. The van der Waals surface area contributed by atoms with Crippen LogP contribution in [0.2, 0.25) is 0 Å². The molecule has 0 unspecified atom stereocenters. The van der Waals surface area contributed by atoms with E-state index in [0.717, 1.165) is 49.1 Å². The molecule has 0 aliphatic rings. The van der Waals surface area contributed by atoms with E-state index in [9.17, 15) is 9.59 Å². The van der Waals surface area contributed by atoms with Crippen molar-refractivity contribution in [3.8, 4) is 11.5 Å². The topological polar surface area (TPSA) is 87.8 Å².